The lowest BCUT2D eigenvalue weighted by Crippen LogP contribution is -2.62. The predicted octanol–water partition coefficient (Wildman–Crippen LogP) is 1.89. The van der Waals surface area contributed by atoms with Gasteiger partial charge in [-0.2, -0.15) is 4.31 Å². The lowest BCUT2D eigenvalue weighted by molar-refractivity contribution is 0.0413. The minimum Gasteiger partial charge on any atom is -0.459 e. The zero-order valence-electron chi connectivity index (χ0n) is 15.7. The molecule has 2 saturated heterocycles. The van der Waals surface area contributed by atoms with Crippen molar-refractivity contribution in [1.29, 1.82) is 0 Å². The molecule has 0 bridgehead atoms. The van der Waals surface area contributed by atoms with Gasteiger partial charge >= 0.3 is 0 Å². The maximum atomic E-state index is 13.3. The minimum absolute atomic E-state index is 0.196. The van der Waals surface area contributed by atoms with Crippen LogP contribution in [0.25, 0.3) is 0 Å². The number of amides is 1. The van der Waals surface area contributed by atoms with Crippen molar-refractivity contribution in [3.05, 3.63) is 54.5 Å². The van der Waals surface area contributed by atoms with Crippen LogP contribution in [0.3, 0.4) is 0 Å². The quantitative estimate of drug-likeness (QED) is 0.706. The van der Waals surface area contributed by atoms with Crippen molar-refractivity contribution in [2.45, 2.75) is 23.8 Å². The first-order chi connectivity index (χ1) is 13.6. The molecule has 2 fully saturated rings. The third kappa shape index (κ3) is 3.85. The Bertz CT molecular complexity index is 887. The Morgan fingerprint density at radius 1 is 1.07 bits per heavy atom. The average molecular weight is 404 g/mol. The molecule has 1 aromatic heterocycles. The molecule has 28 heavy (non-hydrogen) atoms. The van der Waals surface area contributed by atoms with Crippen molar-refractivity contribution in [1.82, 2.24) is 14.1 Å². The summed E-state index contributed by atoms with van der Waals surface area (Å²) < 4.78 is 33.3. The Hall–Kier alpha value is -2.16. The van der Waals surface area contributed by atoms with Crippen LogP contribution in [0.1, 0.15) is 23.4 Å². The first-order valence-corrected chi connectivity index (χ1v) is 11.1. The molecule has 0 saturated carbocycles. The normalized spacial score (nSPS) is 18.5. The molecular formula is C20H25N3O4S. The van der Waals surface area contributed by atoms with Gasteiger partial charge in [0.15, 0.2) is 5.76 Å². The molecule has 3 heterocycles. The summed E-state index contributed by atoms with van der Waals surface area (Å²) in [5.74, 6) is 0.0887. The molecule has 4 rings (SSSR count). The number of hydrogen-bond donors (Lipinski definition) is 0. The highest BCUT2D eigenvalue weighted by Crippen LogP contribution is 2.25. The highest BCUT2D eigenvalue weighted by molar-refractivity contribution is 7.89. The molecule has 2 aromatic rings. The van der Waals surface area contributed by atoms with E-state index in [2.05, 4.69) is 4.90 Å². The fourth-order valence-corrected chi connectivity index (χ4v) is 5.45. The monoisotopic (exact) mass is 403 g/mol. The first-order valence-electron chi connectivity index (χ1n) is 9.68. The Balaban J connectivity index is 1.48. The second kappa shape index (κ2) is 8.06. The molecule has 2 aliphatic heterocycles. The number of benzene rings is 1. The summed E-state index contributed by atoms with van der Waals surface area (Å²) in [7, 11) is -3.61. The molecule has 1 amide bonds. The van der Waals surface area contributed by atoms with Gasteiger partial charge in [-0.1, -0.05) is 18.2 Å². The zero-order valence-corrected chi connectivity index (χ0v) is 16.6. The van der Waals surface area contributed by atoms with E-state index in [1.807, 2.05) is 0 Å². The van der Waals surface area contributed by atoms with E-state index < -0.39 is 10.0 Å². The maximum absolute atomic E-state index is 13.3. The van der Waals surface area contributed by atoms with Crippen LogP contribution in [-0.4, -0.2) is 73.7 Å². The fourth-order valence-electron chi connectivity index (χ4n) is 3.83. The lowest BCUT2D eigenvalue weighted by atomic mass is 10.1. The summed E-state index contributed by atoms with van der Waals surface area (Å²) in [6.07, 6.45) is 3.80. The Morgan fingerprint density at radius 3 is 2.43 bits per heavy atom. The van der Waals surface area contributed by atoms with Gasteiger partial charge in [0.25, 0.3) is 5.91 Å². The maximum Gasteiger partial charge on any atom is 0.289 e. The van der Waals surface area contributed by atoms with Crippen LogP contribution in [0, 0.1) is 0 Å². The Kier molecular flexibility index (Phi) is 5.52. The van der Waals surface area contributed by atoms with Gasteiger partial charge in [0.1, 0.15) is 0 Å². The summed E-state index contributed by atoms with van der Waals surface area (Å²) in [6, 6.07) is 11.6. The second-order valence-corrected chi connectivity index (χ2v) is 9.21. The van der Waals surface area contributed by atoms with Gasteiger partial charge in [0.05, 0.1) is 17.2 Å². The topological polar surface area (TPSA) is 74.1 Å². The summed E-state index contributed by atoms with van der Waals surface area (Å²) >= 11 is 0. The van der Waals surface area contributed by atoms with Gasteiger partial charge < -0.3 is 14.2 Å². The van der Waals surface area contributed by atoms with Crippen LogP contribution >= 0.6 is 0 Å². The van der Waals surface area contributed by atoms with Crippen LogP contribution in [0.2, 0.25) is 0 Å². The van der Waals surface area contributed by atoms with Crippen LogP contribution in [0.15, 0.2) is 58.0 Å². The van der Waals surface area contributed by atoms with E-state index in [4.69, 9.17) is 4.42 Å². The SMILES string of the molecule is O=C(c1ccco1)N1CC(N(CCN2CCCC2)S(=O)(=O)c2ccccc2)C1. The molecule has 150 valence electrons. The Labute approximate surface area is 165 Å². The number of rotatable bonds is 7. The standard InChI is InChI=1S/C20H25N3O4S/c24-20(19-9-6-14-27-19)22-15-17(16-22)23(13-12-21-10-4-5-11-21)28(25,26)18-7-2-1-3-8-18/h1-3,6-9,14,17H,4-5,10-13,15-16H2. The number of likely N-dealkylation sites (tertiary alicyclic amines) is 2. The highest BCUT2D eigenvalue weighted by Gasteiger charge is 2.41. The van der Waals surface area contributed by atoms with Gasteiger partial charge in [0, 0.05) is 26.2 Å². The van der Waals surface area contributed by atoms with E-state index in [0.717, 1.165) is 13.1 Å². The van der Waals surface area contributed by atoms with Gasteiger partial charge in [-0.05, 0) is 50.2 Å². The number of hydrogen-bond acceptors (Lipinski definition) is 5. The van der Waals surface area contributed by atoms with Crippen LogP contribution < -0.4 is 0 Å². The van der Waals surface area contributed by atoms with Gasteiger partial charge in [-0.25, -0.2) is 8.42 Å². The third-order valence-corrected chi connectivity index (χ3v) is 7.44. The van der Waals surface area contributed by atoms with Crippen molar-refractivity contribution in [3.8, 4) is 0 Å². The molecule has 0 spiro atoms. The van der Waals surface area contributed by atoms with Crippen LogP contribution in [0.4, 0.5) is 0 Å². The van der Waals surface area contributed by atoms with E-state index >= 15 is 0 Å². The lowest BCUT2D eigenvalue weighted by Gasteiger charge is -2.44. The predicted molar refractivity (Wildman–Crippen MR) is 104 cm³/mol. The number of carbonyl (C=O) groups is 1. The molecule has 0 radical (unpaired) electrons. The first kappa shape index (κ1) is 19.2. The minimum atomic E-state index is -3.61. The number of furan rings is 1. The van der Waals surface area contributed by atoms with Gasteiger partial charge in [-0.3, -0.25) is 4.79 Å². The smallest absolute Gasteiger partial charge is 0.289 e. The molecule has 7 nitrogen and oxygen atoms in total. The number of carbonyl (C=O) groups excluding carboxylic acids is 1. The van der Waals surface area contributed by atoms with Crippen molar-refractivity contribution in [2.24, 2.45) is 0 Å². The van der Waals surface area contributed by atoms with E-state index in [1.54, 1.807) is 51.7 Å². The average Bonchev–Trinajstić information content (AvgIpc) is 3.37. The van der Waals surface area contributed by atoms with E-state index in [0.29, 0.717) is 31.1 Å². The van der Waals surface area contributed by atoms with Gasteiger partial charge in [-0.15, -0.1) is 0 Å². The molecule has 8 heteroatoms. The fraction of sp³-hybridized carbons (Fsp3) is 0.450. The molecular weight excluding hydrogens is 378 g/mol. The van der Waals surface area contributed by atoms with Crippen molar-refractivity contribution < 1.29 is 17.6 Å². The zero-order chi connectivity index (χ0) is 19.6. The van der Waals surface area contributed by atoms with Gasteiger partial charge in [0.2, 0.25) is 10.0 Å². The van der Waals surface area contributed by atoms with Crippen molar-refractivity contribution in [3.63, 3.8) is 0 Å². The second-order valence-electron chi connectivity index (χ2n) is 7.32. The summed E-state index contributed by atoms with van der Waals surface area (Å²) in [6.45, 7) is 3.95. The van der Waals surface area contributed by atoms with Crippen LogP contribution in [0.5, 0.6) is 0 Å². The van der Waals surface area contributed by atoms with E-state index in [-0.39, 0.29) is 17.7 Å². The Morgan fingerprint density at radius 2 is 1.79 bits per heavy atom. The molecule has 2 aliphatic rings. The summed E-state index contributed by atoms with van der Waals surface area (Å²) in [5.41, 5.74) is 0. The van der Waals surface area contributed by atoms with Crippen molar-refractivity contribution >= 4 is 15.9 Å². The molecule has 0 unspecified atom stereocenters. The highest BCUT2D eigenvalue weighted by atomic mass is 32.2. The summed E-state index contributed by atoms with van der Waals surface area (Å²) in [4.78, 5) is 16.6. The third-order valence-electron chi connectivity index (χ3n) is 5.47. The molecule has 0 aliphatic carbocycles. The largest absolute Gasteiger partial charge is 0.459 e. The number of nitrogens with zero attached hydrogens (tertiary/aromatic N) is 3. The molecule has 1 aromatic carbocycles. The molecule has 0 N–H and O–H groups in total. The molecule has 0 atom stereocenters. The number of sulfonamides is 1. The van der Waals surface area contributed by atoms with Crippen LogP contribution in [-0.2, 0) is 10.0 Å². The van der Waals surface area contributed by atoms with Crippen molar-refractivity contribution in [2.75, 3.05) is 39.3 Å². The van der Waals surface area contributed by atoms with E-state index in [1.165, 1.54) is 19.1 Å². The van der Waals surface area contributed by atoms with E-state index in [9.17, 15) is 13.2 Å². The summed E-state index contributed by atoms with van der Waals surface area (Å²) in [5, 5.41) is 0.